The first-order valence-corrected chi connectivity index (χ1v) is 6.56. The molecule has 1 heterocycles. The lowest BCUT2D eigenvalue weighted by atomic mass is 10.1. The van der Waals surface area contributed by atoms with Crippen molar-refractivity contribution >= 4 is 11.4 Å². The van der Waals surface area contributed by atoms with Crippen molar-refractivity contribution in [1.82, 2.24) is 15.3 Å². The fourth-order valence-corrected chi connectivity index (χ4v) is 2.15. The number of nitrogens with zero attached hydrogens (tertiary/aromatic N) is 4. The van der Waals surface area contributed by atoms with Crippen LogP contribution in [0.15, 0.2) is 18.2 Å². The van der Waals surface area contributed by atoms with E-state index >= 15 is 0 Å². The Hall–Kier alpha value is -2.10. The Kier molecular flexibility index (Phi) is 4.78. The summed E-state index contributed by atoms with van der Waals surface area (Å²) in [5.74, 6) is 0. The molecule has 0 spiro atoms. The molecular weight excluding hydrogens is 278 g/mol. The zero-order valence-corrected chi connectivity index (χ0v) is 11.7. The molecule has 9 heteroatoms. The predicted octanol–water partition coefficient (Wildman–Crippen LogP) is 0.755. The van der Waals surface area contributed by atoms with E-state index in [1.807, 2.05) is 12.1 Å². The Morgan fingerprint density at radius 1 is 1.14 bits per heavy atom. The van der Waals surface area contributed by atoms with E-state index < -0.39 is 9.85 Å². The van der Waals surface area contributed by atoms with Gasteiger partial charge in [-0.15, -0.1) is 0 Å². The molecule has 1 aliphatic heterocycles. The van der Waals surface area contributed by atoms with Gasteiger partial charge in [0.15, 0.2) is 0 Å². The predicted molar refractivity (Wildman–Crippen MR) is 75.7 cm³/mol. The van der Waals surface area contributed by atoms with Crippen molar-refractivity contribution in [3.63, 3.8) is 0 Å². The number of piperazine rings is 1. The normalized spacial score (nSPS) is 16.8. The number of benzene rings is 1. The monoisotopic (exact) mass is 295 g/mol. The lowest BCUT2D eigenvalue weighted by molar-refractivity contribution is -0.394. The molecule has 1 saturated heterocycles. The van der Waals surface area contributed by atoms with E-state index in [4.69, 9.17) is 0 Å². The van der Waals surface area contributed by atoms with Gasteiger partial charge in [0, 0.05) is 44.4 Å². The van der Waals surface area contributed by atoms with Gasteiger partial charge in [0.2, 0.25) is 0 Å². The molecule has 0 radical (unpaired) electrons. The third-order valence-electron chi connectivity index (χ3n) is 3.47. The Balaban J connectivity index is 2.05. The molecule has 0 unspecified atom stereocenters. The van der Waals surface area contributed by atoms with E-state index in [9.17, 15) is 20.2 Å². The Morgan fingerprint density at radius 2 is 1.81 bits per heavy atom. The molecule has 1 N–H and O–H groups in total. The van der Waals surface area contributed by atoms with Crippen molar-refractivity contribution in [3.8, 4) is 0 Å². The number of non-ortho nitro benzene ring substituents is 1. The van der Waals surface area contributed by atoms with Gasteiger partial charge >= 0.3 is 0 Å². The summed E-state index contributed by atoms with van der Waals surface area (Å²) < 4.78 is 0. The molecule has 2 rings (SSSR count). The van der Waals surface area contributed by atoms with Crippen molar-refractivity contribution in [2.45, 2.75) is 6.54 Å². The van der Waals surface area contributed by atoms with Crippen LogP contribution in [0.25, 0.3) is 0 Å². The van der Waals surface area contributed by atoms with Gasteiger partial charge in [0.1, 0.15) is 0 Å². The molecule has 1 aromatic carbocycles. The van der Waals surface area contributed by atoms with Gasteiger partial charge in [0.25, 0.3) is 11.4 Å². The van der Waals surface area contributed by atoms with Crippen LogP contribution < -0.4 is 5.43 Å². The molecular formula is C12H17N5O4. The van der Waals surface area contributed by atoms with Crippen molar-refractivity contribution in [2.24, 2.45) is 0 Å². The zero-order valence-electron chi connectivity index (χ0n) is 11.7. The Bertz CT molecular complexity index is 542. The minimum absolute atomic E-state index is 0.231. The lowest BCUT2D eigenvalue weighted by Gasteiger charge is -2.32. The molecule has 0 aliphatic carbocycles. The number of hydrogen-bond donors (Lipinski definition) is 1. The molecule has 9 nitrogen and oxygen atoms in total. The van der Waals surface area contributed by atoms with Crippen LogP contribution in [-0.2, 0) is 6.54 Å². The quantitative estimate of drug-likeness (QED) is 0.631. The standard InChI is InChI=1S/C12H17N5O4/c1-14-4-6-15(7-5-14)13-9-10-2-3-11(16(18)19)8-12(10)17(20)21/h2-3,8,13H,4-7,9H2,1H3. The van der Waals surface area contributed by atoms with Gasteiger partial charge in [0.05, 0.1) is 15.9 Å². The summed E-state index contributed by atoms with van der Waals surface area (Å²) >= 11 is 0. The van der Waals surface area contributed by atoms with Gasteiger partial charge in [-0.3, -0.25) is 25.7 Å². The topological polar surface area (TPSA) is 105 Å². The molecule has 0 atom stereocenters. The van der Waals surface area contributed by atoms with E-state index in [-0.39, 0.29) is 17.9 Å². The summed E-state index contributed by atoms with van der Waals surface area (Å²) in [6.07, 6.45) is 0. The average molecular weight is 295 g/mol. The molecule has 1 fully saturated rings. The minimum atomic E-state index is -0.634. The minimum Gasteiger partial charge on any atom is -0.304 e. The maximum atomic E-state index is 11.0. The van der Waals surface area contributed by atoms with Crippen molar-refractivity contribution < 1.29 is 9.85 Å². The van der Waals surface area contributed by atoms with Crippen LogP contribution >= 0.6 is 0 Å². The fraction of sp³-hybridized carbons (Fsp3) is 0.500. The smallest absolute Gasteiger partial charge is 0.280 e. The van der Waals surface area contributed by atoms with Crippen LogP contribution in [0.2, 0.25) is 0 Å². The molecule has 0 saturated carbocycles. The van der Waals surface area contributed by atoms with E-state index in [1.54, 1.807) is 0 Å². The second-order valence-electron chi connectivity index (χ2n) is 4.95. The van der Waals surface area contributed by atoms with E-state index in [2.05, 4.69) is 10.3 Å². The maximum Gasteiger partial charge on any atom is 0.280 e. The molecule has 0 bridgehead atoms. The van der Waals surface area contributed by atoms with Gasteiger partial charge in [-0.1, -0.05) is 0 Å². The van der Waals surface area contributed by atoms with Crippen molar-refractivity contribution in [2.75, 3.05) is 33.2 Å². The van der Waals surface area contributed by atoms with Gasteiger partial charge < -0.3 is 4.90 Å². The highest BCUT2D eigenvalue weighted by Gasteiger charge is 2.20. The molecule has 0 aromatic heterocycles. The first kappa shape index (κ1) is 15.3. The number of hydrogen-bond acceptors (Lipinski definition) is 7. The number of nitrogens with one attached hydrogen (secondary N) is 1. The van der Waals surface area contributed by atoms with Gasteiger partial charge in [-0.2, -0.15) is 0 Å². The number of likely N-dealkylation sites (N-methyl/N-ethyl adjacent to an activating group) is 1. The van der Waals surface area contributed by atoms with E-state index in [1.165, 1.54) is 12.1 Å². The summed E-state index contributed by atoms with van der Waals surface area (Å²) in [4.78, 5) is 22.7. The van der Waals surface area contributed by atoms with Gasteiger partial charge in [-0.05, 0) is 13.1 Å². The first-order chi connectivity index (χ1) is 9.97. The number of hydrazine groups is 1. The second kappa shape index (κ2) is 6.57. The van der Waals surface area contributed by atoms with Crippen LogP contribution in [0.1, 0.15) is 5.56 Å². The van der Waals surface area contributed by atoms with E-state index in [0.717, 1.165) is 32.2 Å². The van der Waals surface area contributed by atoms with Crippen molar-refractivity contribution in [3.05, 3.63) is 44.0 Å². The molecule has 1 aromatic rings. The highest BCUT2D eigenvalue weighted by molar-refractivity contribution is 5.49. The highest BCUT2D eigenvalue weighted by atomic mass is 16.6. The number of nitro benzene ring substituents is 2. The van der Waals surface area contributed by atoms with Crippen LogP contribution in [0.4, 0.5) is 11.4 Å². The third-order valence-corrected chi connectivity index (χ3v) is 3.47. The number of nitro groups is 2. The summed E-state index contributed by atoms with van der Waals surface area (Å²) in [5, 5.41) is 23.7. The summed E-state index contributed by atoms with van der Waals surface area (Å²) in [5.41, 5.74) is 3.07. The average Bonchev–Trinajstić information content (AvgIpc) is 2.46. The molecule has 114 valence electrons. The Labute approximate surface area is 121 Å². The lowest BCUT2D eigenvalue weighted by Crippen LogP contribution is -2.50. The molecule has 1 aliphatic rings. The zero-order chi connectivity index (χ0) is 15.4. The van der Waals surface area contributed by atoms with Crippen LogP contribution in [0.5, 0.6) is 0 Å². The summed E-state index contributed by atoms with van der Waals surface area (Å²) in [7, 11) is 2.04. The highest BCUT2D eigenvalue weighted by Crippen LogP contribution is 2.24. The van der Waals surface area contributed by atoms with E-state index in [0.29, 0.717) is 5.56 Å². The van der Waals surface area contributed by atoms with Crippen LogP contribution in [-0.4, -0.2) is 53.0 Å². The summed E-state index contributed by atoms with van der Waals surface area (Å²) in [6.45, 7) is 3.79. The fourth-order valence-electron chi connectivity index (χ4n) is 2.15. The van der Waals surface area contributed by atoms with Crippen molar-refractivity contribution in [1.29, 1.82) is 0 Å². The second-order valence-corrected chi connectivity index (χ2v) is 4.95. The van der Waals surface area contributed by atoms with Gasteiger partial charge in [-0.25, -0.2) is 5.01 Å². The Morgan fingerprint density at radius 3 is 2.38 bits per heavy atom. The van der Waals surface area contributed by atoms with Crippen LogP contribution in [0.3, 0.4) is 0 Å². The summed E-state index contributed by atoms with van der Waals surface area (Å²) in [6, 6.07) is 3.72. The largest absolute Gasteiger partial charge is 0.304 e. The molecule has 0 amide bonds. The van der Waals surface area contributed by atoms with Crippen LogP contribution in [0, 0.1) is 20.2 Å². The number of rotatable bonds is 5. The maximum absolute atomic E-state index is 11.0. The first-order valence-electron chi connectivity index (χ1n) is 6.56. The third kappa shape index (κ3) is 3.94. The molecule has 21 heavy (non-hydrogen) atoms. The SMILES string of the molecule is CN1CCN(NCc2ccc([N+](=O)[O-])cc2[N+](=O)[O-])CC1.